The Morgan fingerprint density at radius 2 is 1.97 bits per heavy atom. The van der Waals surface area contributed by atoms with E-state index in [4.69, 9.17) is 0 Å². The van der Waals surface area contributed by atoms with Gasteiger partial charge >= 0.3 is 0 Å². The summed E-state index contributed by atoms with van der Waals surface area (Å²) in [5.41, 5.74) is 4.46. The fraction of sp³-hybridized carbons (Fsp3) is 0.231. The molecule has 2 N–H and O–H groups in total. The van der Waals surface area contributed by atoms with Crippen LogP contribution in [0, 0.1) is 16.0 Å². The predicted molar refractivity (Wildman–Crippen MR) is 129 cm³/mol. The third-order valence-corrected chi connectivity index (χ3v) is 5.63. The van der Waals surface area contributed by atoms with Crippen molar-refractivity contribution in [2.75, 3.05) is 6.54 Å². The minimum absolute atomic E-state index is 0.0115. The molecule has 0 radical (unpaired) electrons. The van der Waals surface area contributed by atoms with Gasteiger partial charge in [0.05, 0.1) is 10.6 Å². The molecule has 2 aromatic carbocycles. The first-order chi connectivity index (χ1) is 15.9. The first-order valence-corrected chi connectivity index (χ1v) is 11.0. The molecule has 4 aromatic rings. The van der Waals surface area contributed by atoms with Gasteiger partial charge in [0.15, 0.2) is 0 Å². The lowest BCUT2D eigenvalue weighted by Gasteiger charge is -2.18. The van der Waals surface area contributed by atoms with Crippen molar-refractivity contribution in [2.45, 2.75) is 26.2 Å². The fourth-order valence-electron chi connectivity index (χ4n) is 3.97. The van der Waals surface area contributed by atoms with Gasteiger partial charge in [-0.05, 0) is 35.2 Å². The average molecular weight is 443 g/mol. The molecule has 168 valence electrons. The maximum Gasteiger partial charge on any atom is 0.269 e. The van der Waals surface area contributed by atoms with E-state index in [2.05, 4.69) is 15.3 Å². The quantitative estimate of drug-likeness (QED) is 0.280. The van der Waals surface area contributed by atoms with Crippen molar-refractivity contribution >= 4 is 22.5 Å². The second-order valence-electron chi connectivity index (χ2n) is 8.53. The Morgan fingerprint density at radius 3 is 2.70 bits per heavy atom. The summed E-state index contributed by atoms with van der Waals surface area (Å²) in [5.74, 6) is -0.0745. The minimum atomic E-state index is -0.409. The van der Waals surface area contributed by atoms with Gasteiger partial charge in [0, 0.05) is 59.9 Å². The highest BCUT2D eigenvalue weighted by atomic mass is 16.6. The van der Waals surface area contributed by atoms with Crippen molar-refractivity contribution in [2.24, 2.45) is 5.92 Å². The molecule has 0 aliphatic rings. The highest BCUT2D eigenvalue weighted by Crippen LogP contribution is 2.36. The Morgan fingerprint density at radius 1 is 1.12 bits per heavy atom. The van der Waals surface area contributed by atoms with Crippen LogP contribution in [0.1, 0.15) is 37.3 Å². The summed E-state index contributed by atoms with van der Waals surface area (Å²) in [6.45, 7) is 4.66. The lowest BCUT2D eigenvalue weighted by molar-refractivity contribution is -0.384. The van der Waals surface area contributed by atoms with Crippen LogP contribution in [-0.4, -0.2) is 27.3 Å². The number of carbonyl (C=O) groups is 1. The van der Waals surface area contributed by atoms with Crippen LogP contribution in [0.15, 0.2) is 73.1 Å². The molecule has 0 saturated heterocycles. The molecule has 0 aliphatic carbocycles. The van der Waals surface area contributed by atoms with E-state index in [1.165, 1.54) is 6.07 Å². The molecule has 0 spiro atoms. The van der Waals surface area contributed by atoms with Gasteiger partial charge in [-0.2, -0.15) is 0 Å². The number of non-ortho nitro benzene ring substituents is 1. The number of aromatic nitrogens is 2. The fourth-order valence-corrected chi connectivity index (χ4v) is 3.97. The number of pyridine rings is 1. The molecule has 0 saturated carbocycles. The normalized spacial score (nSPS) is 12.1. The second kappa shape index (κ2) is 9.65. The summed E-state index contributed by atoms with van der Waals surface area (Å²) in [4.78, 5) is 31.4. The van der Waals surface area contributed by atoms with Gasteiger partial charge in [-0.1, -0.05) is 44.2 Å². The summed E-state index contributed by atoms with van der Waals surface area (Å²) in [6, 6.07) is 18.4. The van der Waals surface area contributed by atoms with Gasteiger partial charge in [-0.25, -0.2) is 0 Å². The van der Waals surface area contributed by atoms with Crippen molar-refractivity contribution < 1.29 is 9.72 Å². The molecule has 7 heteroatoms. The van der Waals surface area contributed by atoms with E-state index in [9.17, 15) is 14.9 Å². The van der Waals surface area contributed by atoms with E-state index in [-0.39, 0.29) is 23.9 Å². The standard InChI is InChI=1S/C26H26N4O3/c1-17(2)15-29-26(31)14-22(18-6-5-7-20(12-18)30(32)33)23-16-28-25-13-19(9-10-21(23)25)24-8-3-4-11-27-24/h3-13,16-17,22,28H,14-15H2,1-2H3,(H,29,31)/t22-/m1/s1. The maximum atomic E-state index is 12.8. The largest absolute Gasteiger partial charge is 0.361 e. The molecular formula is C26H26N4O3. The van der Waals surface area contributed by atoms with Gasteiger partial charge in [0.1, 0.15) is 0 Å². The van der Waals surface area contributed by atoms with Gasteiger partial charge in [0.25, 0.3) is 5.69 Å². The van der Waals surface area contributed by atoms with Crippen LogP contribution in [0.2, 0.25) is 0 Å². The van der Waals surface area contributed by atoms with Crippen LogP contribution >= 0.6 is 0 Å². The molecule has 2 heterocycles. The number of nitrogens with zero attached hydrogens (tertiary/aromatic N) is 2. The number of nitro groups is 1. The smallest absolute Gasteiger partial charge is 0.269 e. The predicted octanol–water partition coefficient (Wildman–Crippen LogP) is 5.43. The number of nitro benzene ring substituents is 1. The molecule has 1 amide bonds. The minimum Gasteiger partial charge on any atom is -0.361 e. The second-order valence-corrected chi connectivity index (χ2v) is 8.53. The third-order valence-electron chi connectivity index (χ3n) is 5.63. The number of nitrogens with one attached hydrogen (secondary N) is 2. The average Bonchev–Trinajstić information content (AvgIpc) is 3.25. The molecule has 0 aliphatic heterocycles. The SMILES string of the molecule is CC(C)CNC(=O)C[C@H](c1cccc([N+](=O)[O-])c1)c1c[nH]c2cc(-c3ccccn3)ccc12. The van der Waals surface area contributed by atoms with E-state index < -0.39 is 4.92 Å². The monoisotopic (exact) mass is 442 g/mol. The molecule has 0 unspecified atom stereocenters. The molecule has 4 rings (SSSR count). The van der Waals surface area contributed by atoms with Crippen molar-refractivity contribution in [3.63, 3.8) is 0 Å². The van der Waals surface area contributed by atoms with Crippen LogP contribution in [0.4, 0.5) is 5.69 Å². The number of hydrogen-bond acceptors (Lipinski definition) is 4. The highest BCUT2D eigenvalue weighted by Gasteiger charge is 2.23. The Balaban J connectivity index is 1.74. The molecule has 1 atom stereocenters. The molecule has 2 aromatic heterocycles. The van der Waals surface area contributed by atoms with E-state index in [0.717, 1.165) is 33.3 Å². The number of aromatic amines is 1. The number of carbonyl (C=O) groups excluding carboxylic acids is 1. The number of rotatable bonds is 8. The topological polar surface area (TPSA) is 101 Å². The summed E-state index contributed by atoms with van der Waals surface area (Å²) < 4.78 is 0. The van der Waals surface area contributed by atoms with Crippen molar-refractivity contribution in [3.05, 3.63) is 94.3 Å². The Labute approximate surface area is 192 Å². The number of fused-ring (bicyclic) bond motifs is 1. The van der Waals surface area contributed by atoms with Gasteiger partial charge < -0.3 is 10.3 Å². The van der Waals surface area contributed by atoms with Crippen LogP contribution < -0.4 is 5.32 Å². The van der Waals surface area contributed by atoms with Crippen LogP contribution in [0.5, 0.6) is 0 Å². The van der Waals surface area contributed by atoms with Crippen molar-refractivity contribution in [1.82, 2.24) is 15.3 Å². The highest BCUT2D eigenvalue weighted by molar-refractivity contribution is 5.89. The molecule has 0 bridgehead atoms. The van der Waals surface area contributed by atoms with Crippen LogP contribution in [0.25, 0.3) is 22.2 Å². The molecule has 0 fully saturated rings. The van der Waals surface area contributed by atoms with Crippen molar-refractivity contribution in [3.8, 4) is 11.3 Å². The van der Waals surface area contributed by atoms with E-state index >= 15 is 0 Å². The number of amides is 1. The lowest BCUT2D eigenvalue weighted by Crippen LogP contribution is -2.28. The molecule has 7 nitrogen and oxygen atoms in total. The summed E-state index contributed by atoms with van der Waals surface area (Å²) in [5, 5.41) is 15.3. The number of benzene rings is 2. The van der Waals surface area contributed by atoms with E-state index in [1.54, 1.807) is 18.3 Å². The van der Waals surface area contributed by atoms with Gasteiger partial charge in [0.2, 0.25) is 5.91 Å². The summed E-state index contributed by atoms with van der Waals surface area (Å²) >= 11 is 0. The summed E-state index contributed by atoms with van der Waals surface area (Å²) in [6.07, 6.45) is 3.85. The van der Waals surface area contributed by atoms with E-state index in [0.29, 0.717) is 12.5 Å². The Hall–Kier alpha value is -4.00. The van der Waals surface area contributed by atoms with E-state index in [1.807, 2.05) is 62.5 Å². The van der Waals surface area contributed by atoms with Crippen molar-refractivity contribution in [1.29, 1.82) is 0 Å². The Kier molecular flexibility index (Phi) is 6.49. The zero-order valence-corrected chi connectivity index (χ0v) is 18.6. The zero-order chi connectivity index (χ0) is 23.4. The van der Waals surface area contributed by atoms with Crippen LogP contribution in [-0.2, 0) is 4.79 Å². The maximum absolute atomic E-state index is 12.8. The third kappa shape index (κ3) is 5.09. The lowest BCUT2D eigenvalue weighted by atomic mass is 9.87. The first-order valence-electron chi connectivity index (χ1n) is 11.0. The first kappa shape index (κ1) is 22.2. The van der Waals surface area contributed by atoms with Crippen LogP contribution in [0.3, 0.4) is 0 Å². The summed E-state index contributed by atoms with van der Waals surface area (Å²) in [7, 11) is 0. The van der Waals surface area contributed by atoms with Gasteiger partial charge in [-0.3, -0.25) is 19.9 Å². The zero-order valence-electron chi connectivity index (χ0n) is 18.6. The number of H-pyrrole nitrogens is 1. The molecular weight excluding hydrogens is 416 g/mol. The Bertz CT molecular complexity index is 1280. The van der Waals surface area contributed by atoms with Gasteiger partial charge in [-0.15, -0.1) is 0 Å². The molecule has 33 heavy (non-hydrogen) atoms. The number of hydrogen-bond donors (Lipinski definition) is 2.